The minimum atomic E-state index is -0.238. The van der Waals surface area contributed by atoms with Crippen molar-refractivity contribution in [2.24, 2.45) is 0 Å². The molecule has 3 aliphatic rings. The standard InChI is InChI=1S/C29H43N5O3/c1-2-37-27(35)20-30-22-14-17-33(21-22)28-29(36)34(26-13-9-8-12-25(26)31-28)24-15-18-32(19-16-24)23-10-6-4-3-5-7-11-23/h8-9,12-13,22-24,30H,2-7,10-11,14-21H2,1H3. The molecule has 1 aliphatic carbocycles. The van der Waals surface area contributed by atoms with Crippen molar-refractivity contribution in [3.8, 4) is 0 Å². The monoisotopic (exact) mass is 509 g/mol. The van der Waals surface area contributed by atoms with Crippen molar-refractivity contribution in [2.75, 3.05) is 44.2 Å². The van der Waals surface area contributed by atoms with Gasteiger partial charge in [-0.25, -0.2) is 4.98 Å². The zero-order chi connectivity index (χ0) is 25.6. The molecule has 3 heterocycles. The van der Waals surface area contributed by atoms with Crippen LogP contribution >= 0.6 is 0 Å². The molecule has 1 aromatic carbocycles. The Morgan fingerprint density at radius 2 is 1.70 bits per heavy atom. The van der Waals surface area contributed by atoms with Crippen molar-refractivity contribution < 1.29 is 9.53 Å². The van der Waals surface area contributed by atoms with E-state index in [9.17, 15) is 9.59 Å². The van der Waals surface area contributed by atoms with Crippen molar-refractivity contribution in [2.45, 2.75) is 89.3 Å². The van der Waals surface area contributed by atoms with E-state index in [4.69, 9.17) is 9.72 Å². The molecular formula is C29H43N5O3. The molecule has 0 radical (unpaired) electrons. The lowest BCUT2D eigenvalue weighted by atomic mass is 9.93. The summed E-state index contributed by atoms with van der Waals surface area (Å²) in [5, 5.41) is 3.29. The minimum Gasteiger partial charge on any atom is -0.465 e. The molecule has 5 rings (SSSR count). The number of nitrogens with one attached hydrogen (secondary N) is 1. The summed E-state index contributed by atoms with van der Waals surface area (Å²) in [6, 6.07) is 9.12. The molecule has 0 amide bonds. The third kappa shape index (κ3) is 6.17. The zero-order valence-corrected chi connectivity index (χ0v) is 22.4. The normalized spacial score (nSPS) is 22.7. The highest BCUT2D eigenvalue weighted by atomic mass is 16.5. The average Bonchev–Trinajstić information content (AvgIpc) is 3.36. The van der Waals surface area contributed by atoms with E-state index in [2.05, 4.69) is 15.1 Å². The smallest absolute Gasteiger partial charge is 0.319 e. The van der Waals surface area contributed by atoms with Crippen LogP contribution in [0.3, 0.4) is 0 Å². The number of para-hydroxylation sites is 2. The van der Waals surface area contributed by atoms with Gasteiger partial charge >= 0.3 is 5.97 Å². The molecule has 0 bridgehead atoms. The molecule has 8 heteroatoms. The predicted molar refractivity (Wildman–Crippen MR) is 147 cm³/mol. The fourth-order valence-electron chi connectivity index (χ4n) is 6.58. The Bertz CT molecular complexity index is 1100. The van der Waals surface area contributed by atoms with Gasteiger partial charge in [0.05, 0.1) is 24.2 Å². The second kappa shape index (κ2) is 12.4. The van der Waals surface area contributed by atoms with Gasteiger partial charge in [-0.05, 0) is 51.2 Å². The highest BCUT2D eigenvalue weighted by Gasteiger charge is 2.31. The van der Waals surface area contributed by atoms with Gasteiger partial charge in [0.2, 0.25) is 0 Å². The molecule has 37 heavy (non-hydrogen) atoms. The van der Waals surface area contributed by atoms with Crippen LogP contribution in [-0.2, 0) is 9.53 Å². The molecule has 2 saturated heterocycles. The van der Waals surface area contributed by atoms with Crippen LogP contribution in [0.1, 0.15) is 77.2 Å². The van der Waals surface area contributed by atoms with Gasteiger partial charge in [0.25, 0.3) is 5.56 Å². The number of rotatable bonds is 7. The highest BCUT2D eigenvalue weighted by molar-refractivity contribution is 5.76. The molecule has 2 aromatic rings. The number of hydrogen-bond acceptors (Lipinski definition) is 7. The van der Waals surface area contributed by atoms with Gasteiger partial charge < -0.3 is 24.4 Å². The fraction of sp³-hybridized carbons (Fsp3) is 0.690. The molecule has 8 nitrogen and oxygen atoms in total. The molecule has 1 N–H and O–H groups in total. The summed E-state index contributed by atoms with van der Waals surface area (Å²) in [5.41, 5.74) is 1.84. The Kier molecular flexibility index (Phi) is 8.77. The van der Waals surface area contributed by atoms with E-state index in [0.717, 1.165) is 49.9 Å². The number of carbonyl (C=O) groups excluding carboxylic acids is 1. The quantitative estimate of drug-likeness (QED) is 0.568. The molecule has 1 atom stereocenters. The molecule has 0 spiro atoms. The van der Waals surface area contributed by atoms with E-state index in [1.165, 1.54) is 44.9 Å². The van der Waals surface area contributed by atoms with Gasteiger partial charge in [-0.3, -0.25) is 9.59 Å². The minimum absolute atomic E-state index is 0.0224. The highest BCUT2D eigenvalue weighted by Crippen LogP contribution is 2.30. The lowest BCUT2D eigenvalue weighted by molar-refractivity contribution is -0.142. The Morgan fingerprint density at radius 1 is 0.973 bits per heavy atom. The summed E-state index contributed by atoms with van der Waals surface area (Å²) in [6.07, 6.45) is 12.4. The van der Waals surface area contributed by atoms with Gasteiger partial charge in [0.1, 0.15) is 0 Å². The number of piperidine rings is 1. The van der Waals surface area contributed by atoms with Gasteiger partial charge in [0.15, 0.2) is 5.82 Å². The van der Waals surface area contributed by atoms with Crippen LogP contribution in [0.15, 0.2) is 29.1 Å². The first-order chi connectivity index (χ1) is 18.1. The molecule has 1 aromatic heterocycles. The van der Waals surface area contributed by atoms with E-state index in [-0.39, 0.29) is 30.2 Å². The number of nitrogens with zero attached hydrogens (tertiary/aromatic N) is 4. The number of esters is 1. The molecule has 3 fully saturated rings. The van der Waals surface area contributed by atoms with Gasteiger partial charge in [-0.2, -0.15) is 0 Å². The fourth-order valence-corrected chi connectivity index (χ4v) is 6.58. The Hall–Kier alpha value is -2.45. The largest absolute Gasteiger partial charge is 0.465 e. The number of anilines is 1. The van der Waals surface area contributed by atoms with E-state index in [1.54, 1.807) is 0 Å². The summed E-state index contributed by atoms with van der Waals surface area (Å²) >= 11 is 0. The van der Waals surface area contributed by atoms with Crippen molar-refractivity contribution >= 4 is 22.8 Å². The Morgan fingerprint density at radius 3 is 2.46 bits per heavy atom. The maximum atomic E-state index is 13.9. The summed E-state index contributed by atoms with van der Waals surface area (Å²) in [7, 11) is 0. The molecule has 1 unspecified atom stereocenters. The predicted octanol–water partition coefficient (Wildman–Crippen LogP) is 3.88. The Balaban J connectivity index is 1.31. The molecular weight excluding hydrogens is 466 g/mol. The van der Waals surface area contributed by atoms with Crippen molar-refractivity contribution in [3.05, 3.63) is 34.6 Å². The van der Waals surface area contributed by atoms with Crippen LogP contribution in [0.5, 0.6) is 0 Å². The van der Waals surface area contributed by atoms with Crippen molar-refractivity contribution in [1.82, 2.24) is 19.8 Å². The molecule has 2 aliphatic heterocycles. The Labute approximate surface area is 220 Å². The lowest BCUT2D eigenvalue weighted by Gasteiger charge is -2.39. The number of fused-ring (bicyclic) bond motifs is 1. The van der Waals surface area contributed by atoms with E-state index in [0.29, 0.717) is 25.0 Å². The first-order valence-electron chi connectivity index (χ1n) is 14.5. The van der Waals surface area contributed by atoms with Gasteiger partial charge in [0, 0.05) is 44.3 Å². The summed E-state index contributed by atoms with van der Waals surface area (Å²) in [5.74, 6) is 0.305. The topological polar surface area (TPSA) is 79.7 Å². The van der Waals surface area contributed by atoms with Crippen LogP contribution < -0.4 is 15.8 Å². The summed E-state index contributed by atoms with van der Waals surface area (Å²) in [6.45, 7) is 5.95. The van der Waals surface area contributed by atoms with Crippen LogP contribution in [0.2, 0.25) is 0 Å². The number of carbonyl (C=O) groups is 1. The summed E-state index contributed by atoms with van der Waals surface area (Å²) < 4.78 is 7.09. The zero-order valence-electron chi connectivity index (χ0n) is 22.4. The second-order valence-corrected chi connectivity index (χ2v) is 11.0. The van der Waals surface area contributed by atoms with Gasteiger partial charge in [-0.15, -0.1) is 0 Å². The first-order valence-corrected chi connectivity index (χ1v) is 14.5. The second-order valence-electron chi connectivity index (χ2n) is 11.0. The van der Waals surface area contributed by atoms with Crippen LogP contribution in [0.25, 0.3) is 11.0 Å². The molecule has 1 saturated carbocycles. The number of benzene rings is 1. The summed E-state index contributed by atoms with van der Waals surface area (Å²) in [4.78, 5) is 35.3. The van der Waals surface area contributed by atoms with E-state index >= 15 is 0 Å². The number of hydrogen-bond donors (Lipinski definition) is 1. The maximum absolute atomic E-state index is 13.9. The van der Waals surface area contributed by atoms with Gasteiger partial charge in [-0.1, -0.05) is 44.2 Å². The number of ether oxygens (including phenoxy) is 1. The third-order valence-corrected chi connectivity index (χ3v) is 8.56. The third-order valence-electron chi connectivity index (χ3n) is 8.56. The number of likely N-dealkylation sites (tertiary alicyclic amines) is 1. The SMILES string of the molecule is CCOC(=O)CNC1CCN(c2nc3ccccc3n(C3CCN(C4CCCCCCC4)CC3)c2=O)C1. The number of aromatic nitrogens is 2. The molecule has 202 valence electrons. The van der Waals surface area contributed by atoms with Crippen molar-refractivity contribution in [3.63, 3.8) is 0 Å². The van der Waals surface area contributed by atoms with Crippen LogP contribution in [-0.4, -0.2) is 71.8 Å². The van der Waals surface area contributed by atoms with Crippen molar-refractivity contribution in [1.29, 1.82) is 0 Å². The average molecular weight is 510 g/mol. The lowest BCUT2D eigenvalue weighted by Crippen LogP contribution is -2.44. The van der Waals surface area contributed by atoms with Crippen LogP contribution in [0.4, 0.5) is 5.82 Å². The van der Waals surface area contributed by atoms with E-state index in [1.807, 2.05) is 35.8 Å². The van der Waals surface area contributed by atoms with E-state index < -0.39 is 0 Å². The maximum Gasteiger partial charge on any atom is 0.319 e. The first kappa shape index (κ1) is 26.2. The van der Waals surface area contributed by atoms with Crippen LogP contribution in [0, 0.1) is 0 Å².